The van der Waals surface area contributed by atoms with Gasteiger partial charge in [-0.2, -0.15) is 0 Å². The van der Waals surface area contributed by atoms with Crippen LogP contribution in [-0.4, -0.2) is 43.3 Å². The molecule has 1 aromatic carbocycles. The van der Waals surface area contributed by atoms with Crippen molar-refractivity contribution in [2.75, 3.05) is 26.4 Å². The fourth-order valence-electron chi connectivity index (χ4n) is 1.80. The van der Waals surface area contributed by atoms with Crippen molar-refractivity contribution in [3.05, 3.63) is 48.6 Å². The average molecular weight is 306 g/mol. The molecule has 0 fully saturated rings. The predicted molar refractivity (Wildman–Crippen MR) is 82.6 cm³/mol. The second-order valence-corrected chi connectivity index (χ2v) is 5.09. The number of aliphatic hydroxyl groups excluding tert-OH is 1. The number of carbonyl (C=O) groups excluding carboxylic acids is 2. The molecule has 0 amide bonds. The minimum Gasteiger partial charge on any atom is -0.459 e. The van der Waals surface area contributed by atoms with Gasteiger partial charge in [0.2, 0.25) is 0 Å². The monoisotopic (exact) mass is 306 g/mol. The molecule has 1 aromatic rings. The highest BCUT2D eigenvalue weighted by molar-refractivity contribution is 6.40. The molecule has 0 bridgehead atoms. The third-order valence-electron chi connectivity index (χ3n) is 3.46. The molecule has 120 valence electrons. The number of ketones is 1. The van der Waals surface area contributed by atoms with Crippen molar-refractivity contribution in [1.82, 2.24) is 0 Å². The molecule has 1 atom stereocenters. The number of benzene rings is 1. The molecule has 0 aromatic heterocycles. The normalized spacial score (nSPS) is 13.2. The fourth-order valence-corrected chi connectivity index (χ4v) is 1.80. The Balaban J connectivity index is 2.62. The summed E-state index contributed by atoms with van der Waals surface area (Å²) in [6.45, 7) is 5.70. The van der Waals surface area contributed by atoms with E-state index in [0.717, 1.165) is 0 Å². The number of hydrogen-bond acceptors (Lipinski definition) is 5. The summed E-state index contributed by atoms with van der Waals surface area (Å²) in [6, 6.07) is 8.21. The van der Waals surface area contributed by atoms with E-state index in [2.05, 4.69) is 6.58 Å². The van der Waals surface area contributed by atoms with Crippen molar-refractivity contribution in [2.24, 2.45) is 5.41 Å². The number of esters is 1. The van der Waals surface area contributed by atoms with Gasteiger partial charge in [0.05, 0.1) is 25.2 Å². The largest absolute Gasteiger partial charge is 0.459 e. The number of rotatable bonds is 10. The summed E-state index contributed by atoms with van der Waals surface area (Å²) < 4.78 is 10.4. The second kappa shape index (κ2) is 9.12. The summed E-state index contributed by atoms with van der Waals surface area (Å²) in [6.07, 6.45) is 2.15. The number of Topliss-reactive ketones (excluding diaryl/α,β-unsaturated/α-hetero) is 1. The van der Waals surface area contributed by atoms with E-state index in [0.29, 0.717) is 13.0 Å². The first-order valence-electron chi connectivity index (χ1n) is 7.14. The molecule has 0 radical (unpaired) electrons. The van der Waals surface area contributed by atoms with Crippen molar-refractivity contribution in [3.63, 3.8) is 0 Å². The van der Waals surface area contributed by atoms with Crippen LogP contribution in [0.1, 0.15) is 23.7 Å². The van der Waals surface area contributed by atoms with Crippen molar-refractivity contribution >= 4 is 11.8 Å². The Morgan fingerprint density at radius 3 is 2.50 bits per heavy atom. The van der Waals surface area contributed by atoms with Crippen molar-refractivity contribution < 1.29 is 24.2 Å². The van der Waals surface area contributed by atoms with Crippen LogP contribution in [0.5, 0.6) is 0 Å². The van der Waals surface area contributed by atoms with Gasteiger partial charge in [-0.3, -0.25) is 4.79 Å². The minimum atomic E-state index is -0.929. The van der Waals surface area contributed by atoms with Gasteiger partial charge in [-0.15, -0.1) is 6.58 Å². The van der Waals surface area contributed by atoms with E-state index in [-0.39, 0.29) is 25.4 Å². The molecule has 0 aliphatic heterocycles. The van der Waals surface area contributed by atoms with Gasteiger partial charge in [0, 0.05) is 5.56 Å². The van der Waals surface area contributed by atoms with E-state index in [1.54, 1.807) is 36.4 Å². The van der Waals surface area contributed by atoms with Gasteiger partial charge in [0.25, 0.3) is 5.78 Å². The van der Waals surface area contributed by atoms with E-state index in [1.165, 1.54) is 0 Å². The smallest absolute Gasteiger partial charge is 0.379 e. The van der Waals surface area contributed by atoms with E-state index >= 15 is 0 Å². The van der Waals surface area contributed by atoms with Crippen LogP contribution in [-0.2, 0) is 14.3 Å². The Morgan fingerprint density at radius 2 is 1.95 bits per heavy atom. The third kappa shape index (κ3) is 5.09. The van der Waals surface area contributed by atoms with Crippen molar-refractivity contribution in [1.29, 1.82) is 0 Å². The standard InChI is InChI=1S/C17H22O5/c1-3-10-21-12-17(4-2,11-18)13-22-16(20)15(19)14-8-6-5-7-9-14/h3,5-9,18H,1,4,10-13H2,2H3. The third-order valence-corrected chi connectivity index (χ3v) is 3.46. The molecule has 0 spiro atoms. The van der Waals surface area contributed by atoms with Gasteiger partial charge in [-0.05, 0) is 6.42 Å². The first-order valence-corrected chi connectivity index (χ1v) is 7.14. The van der Waals surface area contributed by atoms with E-state index in [9.17, 15) is 14.7 Å². The Bertz CT molecular complexity index is 491. The Morgan fingerprint density at radius 1 is 1.27 bits per heavy atom. The molecule has 1 N–H and O–H groups in total. The number of aliphatic hydroxyl groups is 1. The molecule has 0 heterocycles. The van der Waals surface area contributed by atoms with Crippen LogP contribution >= 0.6 is 0 Å². The highest BCUT2D eigenvalue weighted by atomic mass is 16.5. The van der Waals surface area contributed by atoms with Crippen LogP contribution in [0.2, 0.25) is 0 Å². The summed E-state index contributed by atoms with van der Waals surface area (Å²) in [5.74, 6) is -1.63. The molecule has 0 saturated carbocycles. The van der Waals surface area contributed by atoms with Gasteiger partial charge in [0.1, 0.15) is 6.61 Å². The summed E-state index contributed by atoms with van der Waals surface area (Å²) in [7, 11) is 0. The molecule has 22 heavy (non-hydrogen) atoms. The van der Waals surface area contributed by atoms with E-state index in [4.69, 9.17) is 9.47 Å². The second-order valence-electron chi connectivity index (χ2n) is 5.09. The lowest BCUT2D eigenvalue weighted by molar-refractivity contribution is -0.144. The van der Waals surface area contributed by atoms with Crippen LogP contribution in [0.25, 0.3) is 0 Å². The molecule has 5 heteroatoms. The first-order chi connectivity index (χ1) is 10.6. The minimum absolute atomic E-state index is 0.0749. The quantitative estimate of drug-likeness (QED) is 0.235. The summed E-state index contributed by atoms with van der Waals surface area (Å²) >= 11 is 0. The van der Waals surface area contributed by atoms with E-state index < -0.39 is 17.2 Å². The lowest BCUT2D eigenvalue weighted by atomic mass is 9.88. The maximum absolute atomic E-state index is 11.9. The first kappa shape index (κ1) is 18.1. The summed E-state index contributed by atoms with van der Waals surface area (Å²) in [4.78, 5) is 23.8. The fraction of sp³-hybridized carbons (Fsp3) is 0.412. The molecular weight excluding hydrogens is 284 g/mol. The van der Waals surface area contributed by atoms with Gasteiger partial charge >= 0.3 is 5.97 Å². The van der Waals surface area contributed by atoms with Crippen molar-refractivity contribution in [3.8, 4) is 0 Å². The topological polar surface area (TPSA) is 72.8 Å². The summed E-state index contributed by atoms with van der Waals surface area (Å²) in [5.41, 5.74) is -0.433. The van der Waals surface area contributed by atoms with Crippen LogP contribution in [0, 0.1) is 5.41 Å². The summed E-state index contributed by atoms with van der Waals surface area (Å²) in [5, 5.41) is 9.56. The lowest BCUT2D eigenvalue weighted by Gasteiger charge is -2.29. The van der Waals surface area contributed by atoms with Gasteiger partial charge < -0.3 is 14.6 Å². The van der Waals surface area contributed by atoms with Crippen LogP contribution in [0.4, 0.5) is 0 Å². The SMILES string of the molecule is C=CCOCC(CC)(CO)COC(=O)C(=O)c1ccccc1. The number of hydrogen-bond donors (Lipinski definition) is 1. The number of carbonyl (C=O) groups is 2. The molecule has 1 unspecified atom stereocenters. The maximum atomic E-state index is 11.9. The maximum Gasteiger partial charge on any atom is 0.379 e. The van der Waals surface area contributed by atoms with Gasteiger partial charge in [-0.25, -0.2) is 4.79 Å². The zero-order chi connectivity index (χ0) is 16.4. The Hall–Kier alpha value is -1.98. The Labute approximate surface area is 130 Å². The van der Waals surface area contributed by atoms with Crippen LogP contribution < -0.4 is 0 Å². The zero-order valence-electron chi connectivity index (χ0n) is 12.8. The molecule has 0 aliphatic carbocycles. The molecule has 0 saturated heterocycles. The average Bonchev–Trinajstić information content (AvgIpc) is 2.58. The molecule has 1 rings (SSSR count). The van der Waals surface area contributed by atoms with Crippen LogP contribution in [0.15, 0.2) is 43.0 Å². The van der Waals surface area contributed by atoms with E-state index in [1.807, 2.05) is 6.92 Å². The molecule has 5 nitrogen and oxygen atoms in total. The highest BCUT2D eigenvalue weighted by Crippen LogP contribution is 2.22. The highest BCUT2D eigenvalue weighted by Gasteiger charge is 2.31. The zero-order valence-corrected chi connectivity index (χ0v) is 12.8. The molecular formula is C17H22O5. The van der Waals surface area contributed by atoms with Crippen molar-refractivity contribution in [2.45, 2.75) is 13.3 Å². The van der Waals surface area contributed by atoms with Gasteiger partial charge in [0.15, 0.2) is 0 Å². The van der Waals surface area contributed by atoms with Crippen LogP contribution in [0.3, 0.4) is 0 Å². The molecule has 0 aliphatic rings. The Kier molecular flexibility index (Phi) is 7.49. The predicted octanol–water partition coefficient (Wildman–Crippen LogP) is 2.00. The number of ether oxygens (including phenoxy) is 2. The van der Waals surface area contributed by atoms with Gasteiger partial charge in [-0.1, -0.05) is 43.3 Å². The lowest BCUT2D eigenvalue weighted by Crippen LogP contribution is -2.37.